The van der Waals surface area contributed by atoms with E-state index in [2.05, 4.69) is 28.8 Å². The van der Waals surface area contributed by atoms with Gasteiger partial charge in [-0.1, -0.05) is 13.3 Å². The highest BCUT2D eigenvalue weighted by atomic mass is 32.2. The van der Waals surface area contributed by atoms with E-state index in [4.69, 9.17) is 0 Å². The summed E-state index contributed by atoms with van der Waals surface area (Å²) in [6.07, 6.45) is 7.44. The number of nitrogens with zero attached hydrogens (tertiary/aromatic N) is 1. The van der Waals surface area contributed by atoms with E-state index < -0.39 is 0 Å². The number of amides is 1. The molecule has 1 aromatic rings. The van der Waals surface area contributed by atoms with E-state index in [1.165, 1.54) is 6.42 Å². The summed E-state index contributed by atoms with van der Waals surface area (Å²) in [4.78, 5) is 16.9. The third-order valence-corrected chi connectivity index (χ3v) is 5.05. The van der Waals surface area contributed by atoms with Crippen LogP contribution >= 0.6 is 11.8 Å². The summed E-state index contributed by atoms with van der Waals surface area (Å²) in [5.74, 6) is 0.789. The van der Waals surface area contributed by atoms with Gasteiger partial charge in [0, 0.05) is 29.6 Å². The summed E-state index contributed by atoms with van der Waals surface area (Å²) < 4.78 is 0. The highest BCUT2D eigenvalue weighted by Gasteiger charge is 2.25. The van der Waals surface area contributed by atoms with Crippen LogP contribution in [-0.2, 0) is 6.42 Å². The van der Waals surface area contributed by atoms with Gasteiger partial charge in [0.25, 0.3) is 5.91 Å². The fourth-order valence-corrected chi connectivity index (χ4v) is 3.58. The molecule has 0 aromatic carbocycles. The highest BCUT2D eigenvalue weighted by molar-refractivity contribution is 7.99. The monoisotopic (exact) mass is 307 g/mol. The lowest BCUT2D eigenvalue weighted by atomic mass is 10.1. The molecule has 2 atom stereocenters. The van der Waals surface area contributed by atoms with E-state index in [1.54, 1.807) is 0 Å². The average Bonchev–Trinajstić information content (AvgIpc) is 2.94. The Morgan fingerprint density at radius 1 is 1.43 bits per heavy atom. The molecule has 1 amide bonds. The molecule has 4 nitrogen and oxygen atoms in total. The van der Waals surface area contributed by atoms with E-state index in [1.807, 2.05) is 30.9 Å². The van der Waals surface area contributed by atoms with Crippen molar-refractivity contribution >= 4 is 23.5 Å². The third-order valence-electron chi connectivity index (χ3n) is 3.96. The Hall–Kier alpha value is -1.23. The fourth-order valence-electron chi connectivity index (χ4n) is 2.79. The van der Waals surface area contributed by atoms with Crippen LogP contribution in [0.1, 0.15) is 48.7 Å². The molecule has 116 valence electrons. The number of aryl methyl sites for hydroxylation is 1. The highest BCUT2D eigenvalue weighted by Crippen LogP contribution is 2.28. The van der Waals surface area contributed by atoms with Gasteiger partial charge < -0.3 is 10.6 Å². The summed E-state index contributed by atoms with van der Waals surface area (Å²) in [5, 5.41) is 6.90. The number of nitrogens with one attached hydrogen (secondary N) is 2. The summed E-state index contributed by atoms with van der Waals surface area (Å²) in [7, 11) is 1.83. The minimum atomic E-state index is 0.0259. The molecule has 1 saturated carbocycles. The zero-order valence-corrected chi connectivity index (χ0v) is 13.9. The topological polar surface area (TPSA) is 54.0 Å². The van der Waals surface area contributed by atoms with Crippen molar-refractivity contribution in [1.29, 1.82) is 0 Å². The van der Waals surface area contributed by atoms with Gasteiger partial charge in [-0.3, -0.25) is 4.79 Å². The summed E-state index contributed by atoms with van der Waals surface area (Å²) in [6.45, 7) is 2.12. The lowest BCUT2D eigenvalue weighted by molar-refractivity contribution is 0.0938. The first-order valence-corrected chi connectivity index (χ1v) is 8.97. The molecule has 21 heavy (non-hydrogen) atoms. The van der Waals surface area contributed by atoms with Crippen LogP contribution in [0, 0.1) is 0 Å². The number of carbonyl (C=O) groups is 1. The number of pyridine rings is 1. The Morgan fingerprint density at radius 3 is 2.86 bits per heavy atom. The smallest absolute Gasteiger partial charge is 0.251 e. The Labute approximate surface area is 131 Å². The van der Waals surface area contributed by atoms with Crippen molar-refractivity contribution in [3.05, 3.63) is 23.4 Å². The summed E-state index contributed by atoms with van der Waals surface area (Å²) in [5.41, 5.74) is 1.69. The largest absolute Gasteiger partial charge is 0.373 e. The van der Waals surface area contributed by atoms with Crippen LogP contribution in [0.3, 0.4) is 0 Å². The maximum absolute atomic E-state index is 12.4. The fraction of sp³-hybridized carbons (Fsp3) is 0.625. The maximum Gasteiger partial charge on any atom is 0.251 e. The number of hydrogen-bond donors (Lipinski definition) is 2. The predicted octanol–water partition coefficient (Wildman–Crippen LogP) is 3.09. The molecule has 2 unspecified atom stereocenters. The minimum absolute atomic E-state index is 0.0259. The lowest BCUT2D eigenvalue weighted by Gasteiger charge is -2.14. The molecule has 1 aliphatic carbocycles. The van der Waals surface area contributed by atoms with E-state index in [0.717, 1.165) is 37.2 Å². The van der Waals surface area contributed by atoms with E-state index in [9.17, 15) is 4.79 Å². The van der Waals surface area contributed by atoms with Crippen molar-refractivity contribution < 1.29 is 4.79 Å². The molecule has 0 radical (unpaired) electrons. The van der Waals surface area contributed by atoms with E-state index >= 15 is 0 Å². The van der Waals surface area contributed by atoms with Gasteiger partial charge in [-0.2, -0.15) is 11.8 Å². The third kappa shape index (κ3) is 4.37. The van der Waals surface area contributed by atoms with Gasteiger partial charge in [-0.05, 0) is 44.1 Å². The van der Waals surface area contributed by atoms with Crippen molar-refractivity contribution in [3.63, 3.8) is 0 Å². The second-order valence-corrected chi connectivity index (χ2v) is 6.71. The number of rotatable bonds is 6. The first-order chi connectivity index (χ1) is 10.2. The quantitative estimate of drug-likeness (QED) is 0.848. The van der Waals surface area contributed by atoms with Crippen LogP contribution in [0.15, 0.2) is 12.1 Å². The number of thioether (sulfide) groups is 1. The standard InChI is InChI=1S/C16H25N3OS/c1-4-5-12-8-11(9-15(17-2)18-12)16(20)19-13-6-7-14(10-13)21-3/h8-9,13-14H,4-7,10H2,1-3H3,(H,17,18)(H,19,20). The number of anilines is 1. The van der Waals surface area contributed by atoms with Gasteiger partial charge in [0.15, 0.2) is 0 Å². The number of aromatic nitrogens is 1. The van der Waals surface area contributed by atoms with Crippen molar-refractivity contribution in [2.24, 2.45) is 0 Å². The molecule has 1 heterocycles. The van der Waals surface area contributed by atoms with Crippen LogP contribution in [0.5, 0.6) is 0 Å². The average molecular weight is 307 g/mol. The Morgan fingerprint density at radius 2 is 2.24 bits per heavy atom. The predicted molar refractivity (Wildman–Crippen MR) is 90.2 cm³/mol. The normalized spacial score (nSPS) is 21.3. The van der Waals surface area contributed by atoms with Gasteiger partial charge in [0.2, 0.25) is 0 Å². The molecule has 1 fully saturated rings. The zero-order valence-electron chi connectivity index (χ0n) is 13.1. The zero-order chi connectivity index (χ0) is 15.2. The first-order valence-electron chi connectivity index (χ1n) is 7.68. The molecule has 0 bridgehead atoms. The molecule has 0 aliphatic heterocycles. The van der Waals surface area contributed by atoms with Crippen LogP contribution < -0.4 is 10.6 Å². The van der Waals surface area contributed by atoms with Gasteiger partial charge in [-0.15, -0.1) is 0 Å². The van der Waals surface area contributed by atoms with Gasteiger partial charge in [0.1, 0.15) is 5.82 Å². The molecule has 5 heteroatoms. The second-order valence-electron chi connectivity index (χ2n) is 5.57. The van der Waals surface area contributed by atoms with Crippen molar-refractivity contribution in [2.75, 3.05) is 18.6 Å². The molecular weight excluding hydrogens is 282 g/mol. The van der Waals surface area contributed by atoms with Crippen LogP contribution in [-0.4, -0.2) is 35.5 Å². The minimum Gasteiger partial charge on any atom is -0.373 e. The molecule has 2 rings (SSSR count). The van der Waals surface area contributed by atoms with Gasteiger partial charge >= 0.3 is 0 Å². The Bertz CT molecular complexity index is 492. The van der Waals surface area contributed by atoms with Crippen LogP contribution in [0.2, 0.25) is 0 Å². The summed E-state index contributed by atoms with van der Waals surface area (Å²) in [6, 6.07) is 4.06. The Kier molecular flexibility index (Phi) is 5.91. The molecule has 1 aliphatic rings. The number of hydrogen-bond acceptors (Lipinski definition) is 4. The molecule has 1 aromatic heterocycles. The van der Waals surface area contributed by atoms with Gasteiger partial charge in [-0.25, -0.2) is 4.98 Å². The maximum atomic E-state index is 12.4. The molecule has 2 N–H and O–H groups in total. The van der Waals surface area contributed by atoms with E-state index in [-0.39, 0.29) is 5.91 Å². The van der Waals surface area contributed by atoms with Crippen LogP contribution in [0.25, 0.3) is 0 Å². The van der Waals surface area contributed by atoms with Crippen molar-refractivity contribution in [3.8, 4) is 0 Å². The van der Waals surface area contributed by atoms with Crippen molar-refractivity contribution in [2.45, 2.75) is 50.3 Å². The molecule has 0 spiro atoms. The molecule has 0 saturated heterocycles. The van der Waals surface area contributed by atoms with Crippen molar-refractivity contribution in [1.82, 2.24) is 10.3 Å². The van der Waals surface area contributed by atoms with Crippen LogP contribution in [0.4, 0.5) is 5.82 Å². The second kappa shape index (κ2) is 7.69. The first kappa shape index (κ1) is 16.1. The summed E-state index contributed by atoms with van der Waals surface area (Å²) >= 11 is 1.90. The van der Waals surface area contributed by atoms with Gasteiger partial charge in [0.05, 0.1) is 0 Å². The number of carbonyl (C=O) groups excluding carboxylic acids is 1. The SMILES string of the molecule is CCCc1cc(C(=O)NC2CCC(SC)C2)cc(NC)n1. The molecular formula is C16H25N3OS. The Balaban J connectivity index is 2.06. The lowest BCUT2D eigenvalue weighted by Crippen LogP contribution is -2.33. The van der Waals surface area contributed by atoms with E-state index in [0.29, 0.717) is 16.9 Å².